The molecule has 8 nitrogen and oxygen atoms in total. The van der Waals surface area contributed by atoms with Gasteiger partial charge in [-0.25, -0.2) is 0 Å². The zero-order valence-electron chi connectivity index (χ0n) is 15.6. The van der Waals surface area contributed by atoms with Crippen LogP contribution >= 0.6 is 11.8 Å². The van der Waals surface area contributed by atoms with Crippen molar-refractivity contribution in [3.8, 4) is 0 Å². The van der Waals surface area contributed by atoms with Gasteiger partial charge in [-0.05, 0) is 19.3 Å². The summed E-state index contributed by atoms with van der Waals surface area (Å²) < 4.78 is 29.0. The zero-order chi connectivity index (χ0) is 19.1. The van der Waals surface area contributed by atoms with E-state index in [2.05, 4.69) is 0 Å². The molecular weight excluding hydrogens is 388 g/mol. The number of rotatable bonds is 3. The first kappa shape index (κ1) is 19.5. The standard InChI is InChI=1S/C17H28N4O4S2/c22-15-5-6-17(21(15)13-14-26-17)16(23)18-9-11-20(12-10-18)27(24,25)19-7-3-1-2-4-8-19/h1-14H2. The Morgan fingerprint density at radius 3 is 2.19 bits per heavy atom. The number of fused-ring (bicyclic) bond motifs is 1. The molecule has 152 valence electrons. The average Bonchev–Trinajstić information content (AvgIpc) is 3.10. The predicted octanol–water partition coefficient (Wildman–Crippen LogP) is 0.317. The molecule has 0 aliphatic carbocycles. The maximum atomic E-state index is 13.2. The van der Waals surface area contributed by atoms with E-state index >= 15 is 0 Å². The van der Waals surface area contributed by atoms with E-state index < -0.39 is 15.1 Å². The number of carbonyl (C=O) groups excluding carboxylic acids is 2. The van der Waals surface area contributed by atoms with Gasteiger partial charge in [-0.1, -0.05) is 12.8 Å². The summed E-state index contributed by atoms with van der Waals surface area (Å²) in [6, 6.07) is 0. The molecule has 1 unspecified atom stereocenters. The van der Waals surface area contributed by atoms with E-state index in [4.69, 9.17) is 0 Å². The van der Waals surface area contributed by atoms with Crippen molar-refractivity contribution in [3.63, 3.8) is 0 Å². The van der Waals surface area contributed by atoms with Crippen LogP contribution in [0, 0.1) is 0 Å². The minimum Gasteiger partial charge on any atom is -0.337 e. The molecule has 27 heavy (non-hydrogen) atoms. The number of hydrogen-bond donors (Lipinski definition) is 0. The summed E-state index contributed by atoms with van der Waals surface area (Å²) >= 11 is 1.57. The molecule has 0 aromatic heterocycles. The van der Waals surface area contributed by atoms with Crippen molar-refractivity contribution in [3.05, 3.63) is 0 Å². The Morgan fingerprint density at radius 1 is 0.889 bits per heavy atom. The third-order valence-electron chi connectivity index (χ3n) is 6.15. The van der Waals surface area contributed by atoms with Crippen LogP contribution < -0.4 is 0 Å². The van der Waals surface area contributed by atoms with Crippen LogP contribution in [0.5, 0.6) is 0 Å². The SMILES string of the molecule is O=C1CCC2(C(=O)N3CCN(S(=O)(=O)N4CCCCCC4)CC3)SCCN12. The van der Waals surface area contributed by atoms with Gasteiger partial charge in [0.25, 0.3) is 16.1 Å². The molecule has 4 heterocycles. The van der Waals surface area contributed by atoms with Gasteiger partial charge >= 0.3 is 0 Å². The summed E-state index contributed by atoms with van der Waals surface area (Å²) in [6.07, 6.45) is 5.01. The highest BCUT2D eigenvalue weighted by Crippen LogP contribution is 2.46. The normalized spacial score (nSPS) is 31.2. The highest BCUT2D eigenvalue weighted by molar-refractivity contribution is 8.01. The van der Waals surface area contributed by atoms with E-state index in [-0.39, 0.29) is 11.8 Å². The molecule has 4 saturated heterocycles. The Bertz CT molecular complexity index is 700. The van der Waals surface area contributed by atoms with Crippen molar-refractivity contribution in [2.24, 2.45) is 0 Å². The largest absolute Gasteiger partial charge is 0.337 e. The molecule has 0 radical (unpaired) electrons. The molecule has 4 aliphatic heterocycles. The Morgan fingerprint density at radius 2 is 1.52 bits per heavy atom. The summed E-state index contributed by atoms with van der Waals surface area (Å²) in [7, 11) is -3.45. The Kier molecular flexibility index (Phi) is 5.43. The molecule has 1 atom stereocenters. The quantitative estimate of drug-likeness (QED) is 0.662. The van der Waals surface area contributed by atoms with Crippen LogP contribution in [0.2, 0.25) is 0 Å². The minimum absolute atomic E-state index is 0.0114. The van der Waals surface area contributed by atoms with Crippen LogP contribution in [0.3, 0.4) is 0 Å². The maximum absolute atomic E-state index is 13.2. The lowest BCUT2D eigenvalue weighted by Gasteiger charge is -2.40. The molecule has 10 heteroatoms. The van der Waals surface area contributed by atoms with Gasteiger partial charge in [0.05, 0.1) is 0 Å². The third kappa shape index (κ3) is 3.38. The number of carbonyl (C=O) groups is 2. The van der Waals surface area contributed by atoms with Crippen LogP contribution in [-0.4, -0.2) is 95.1 Å². The maximum Gasteiger partial charge on any atom is 0.282 e. The molecule has 4 aliphatic rings. The number of hydrogen-bond acceptors (Lipinski definition) is 5. The fourth-order valence-corrected chi connectivity index (χ4v) is 7.73. The lowest BCUT2D eigenvalue weighted by atomic mass is 10.1. The highest BCUT2D eigenvalue weighted by atomic mass is 32.2. The second-order valence-electron chi connectivity index (χ2n) is 7.69. The van der Waals surface area contributed by atoms with Gasteiger partial charge in [-0.15, -0.1) is 11.8 Å². The van der Waals surface area contributed by atoms with Crippen LogP contribution in [0.25, 0.3) is 0 Å². The van der Waals surface area contributed by atoms with E-state index in [9.17, 15) is 18.0 Å². The van der Waals surface area contributed by atoms with Crippen molar-refractivity contribution < 1.29 is 18.0 Å². The molecule has 2 amide bonds. The fraction of sp³-hybridized carbons (Fsp3) is 0.882. The molecule has 0 N–H and O–H groups in total. The van der Waals surface area contributed by atoms with Gasteiger partial charge in [0, 0.05) is 58.0 Å². The Hall–Kier alpha value is -0.840. The summed E-state index contributed by atoms with van der Waals surface area (Å²) in [5.74, 6) is 0.847. The Balaban J connectivity index is 1.40. The fourth-order valence-electron chi connectivity index (χ4n) is 4.60. The molecule has 0 aromatic carbocycles. The molecular formula is C17H28N4O4S2. The second kappa shape index (κ2) is 7.53. The van der Waals surface area contributed by atoms with E-state index in [1.807, 2.05) is 0 Å². The summed E-state index contributed by atoms with van der Waals surface area (Å²) in [5, 5.41) is 0. The number of nitrogens with zero attached hydrogens (tertiary/aromatic N) is 4. The molecule has 0 aromatic rings. The smallest absolute Gasteiger partial charge is 0.282 e. The van der Waals surface area contributed by atoms with Crippen molar-refractivity contribution in [1.29, 1.82) is 0 Å². The average molecular weight is 417 g/mol. The number of thioether (sulfide) groups is 1. The lowest BCUT2D eigenvalue weighted by molar-refractivity contribution is -0.143. The topological polar surface area (TPSA) is 81.2 Å². The summed E-state index contributed by atoms with van der Waals surface area (Å²) in [4.78, 5) is 28.0. The molecule has 0 bridgehead atoms. The van der Waals surface area contributed by atoms with Crippen LogP contribution in [0.4, 0.5) is 0 Å². The van der Waals surface area contributed by atoms with E-state index in [1.165, 1.54) is 4.31 Å². The molecule has 4 rings (SSSR count). The molecule has 0 spiro atoms. The third-order valence-corrected chi connectivity index (χ3v) is 9.65. The molecule has 4 fully saturated rings. The van der Waals surface area contributed by atoms with Gasteiger partial charge in [0.2, 0.25) is 5.91 Å². The van der Waals surface area contributed by atoms with Crippen molar-refractivity contribution in [1.82, 2.24) is 18.4 Å². The second-order valence-corrected chi connectivity index (χ2v) is 11.0. The van der Waals surface area contributed by atoms with Gasteiger partial charge in [0.15, 0.2) is 4.87 Å². The van der Waals surface area contributed by atoms with Gasteiger partial charge in [-0.2, -0.15) is 17.0 Å². The first-order chi connectivity index (χ1) is 12.9. The van der Waals surface area contributed by atoms with Crippen LogP contribution in [0.1, 0.15) is 38.5 Å². The van der Waals surface area contributed by atoms with Crippen molar-refractivity contribution >= 4 is 33.8 Å². The van der Waals surface area contributed by atoms with E-state index in [1.54, 1.807) is 25.9 Å². The first-order valence-corrected chi connectivity index (χ1v) is 12.3. The minimum atomic E-state index is -3.45. The van der Waals surface area contributed by atoms with E-state index in [0.717, 1.165) is 31.4 Å². The lowest BCUT2D eigenvalue weighted by Crippen LogP contribution is -2.59. The molecule has 0 saturated carbocycles. The Labute approximate surface area is 165 Å². The van der Waals surface area contributed by atoms with Gasteiger partial charge in [0.1, 0.15) is 0 Å². The number of piperazine rings is 1. The predicted molar refractivity (Wildman–Crippen MR) is 103 cm³/mol. The van der Waals surface area contributed by atoms with Crippen molar-refractivity contribution in [2.45, 2.75) is 43.4 Å². The zero-order valence-corrected chi connectivity index (χ0v) is 17.3. The van der Waals surface area contributed by atoms with E-state index in [0.29, 0.717) is 58.7 Å². The monoisotopic (exact) mass is 416 g/mol. The highest BCUT2D eigenvalue weighted by Gasteiger charge is 2.56. The van der Waals surface area contributed by atoms with Crippen molar-refractivity contribution in [2.75, 3.05) is 51.6 Å². The summed E-state index contributed by atoms with van der Waals surface area (Å²) in [5.41, 5.74) is 0. The number of amides is 2. The van der Waals surface area contributed by atoms with Crippen LogP contribution in [-0.2, 0) is 19.8 Å². The van der Waals surface area contributed by atoms with Gasteiger partial charge in [-0.3, -0.25) is 9.59 Å². The summed E-state index contributed by atoms with van der Waals surface area (Å²) in [6.45, 7) is 3.29. The first-order valence-electron chi connectivity index (χ1n) is 9.94. The van der Waals surface area contributed by atoms with Crippen LogP contribution in [0.15, 0.2) is 0 Å². The van der Waals surface area contributed by atoms with Gasteiger partial charge < -0.3 is 9.80 Å².